The first-order chi connectivity index (χ1) is 7.31. The van der Waals surface area contributed by atoms with Crippen molar-refractivity contribution < 1.29 is 14.3 Å². The highest BCUT2D eigenvalue weighted by Gasteiger charge is 2.01. The lowest BCUT2D eigenvalue weighted by atomic mass is 10.2. The van der Waals surface area contributed by atoms with Gasteiger partial charge in [0.1, 0.15) is 6.61 Å². The van der Waals surface area contributed by atoms with Gasteiger partial charge >= 0.3 is 5.97 Å². The van der Waals surface area contributed by atoms with E-state index in [1.807, 2.05) is 0 Å². The van der Waals surface area contributed by atoms with Gasteiger partial charge in [0, 0.05) is 13.0 Å². The predicted octanol–water partition coefficient (Wildman–Crippen LogP) is 2.93. The zero-order chi connectivity index (χ0) is 11.4. The maximum Gasteiger partial charge on any atom is 0.305 e. The smallest absolute Gasteiger partial charge is 0.305 e. The second kappa shape index (κ2) is 11.5. The van der Waals surface area contributed by atoms with Gasteiger partial charge in [0.2, 0.25) is 0 Å². The minimum Gasteiger partial charge on any atom is -0.463 e. The van der Waals surface area contributed by atoms with Crippen LogP contribution in [0.5, 0.6) is 0 Å². The van der Waals surface area contributed by atoms with E-state index < -0.39 is 0 Å². The van der Waals surface area contributed by atoms with Gasteiger partial charge in [-0.25, -0.2) is 0 Å². The molecule has 0 amide bonds. The van der Waals surface area contributed by atoms with E-state index in [1.54, 1.807) is 0 Å². The summed E-state index contributed by atoms with van der Waals surface area (Å²) in [5, 5.41) is 0. The van der Waals surface area contributed by atoms with Crippen LogP contribution in [0.15, 0.2) is 0 Å². The van der Waals surface area contributed by atoms with E-state index in [0.29, 0.717) is 19.6 Å². The molecule has 90 valence electrons. The number of hydrogen-bond donors (Lipinski definition) is 0. The van der Waals surface area contributed by atoms with Gasteiger partial charge in [0.25, 0.3) is 0 Å². The average Bonchev–Trinajstić information content (AvgIpc) is 2.23. The molecule has 3 heteroatoms. The maximum atomic E-state index is 11.1. The second-order valence-electron chi connectivity index (χ2n) is 3.64. The molecule has 0 aromatic heterocycles. The molecule has 0 rings (SSSR count). The van der Waals surface area contributed by atoms with Crippen LogP contribution in [0.1, 0.15) is 52.4 Å². The van der Waals surface area contributed by atoms with Gasteiger partial charge in [-0.2, -0.15) is 0 Å². The molecule has 0 bridgehead atoms. The highest BCUT2D eigenvalue weighted by atomic mass is 16.6. The molecule has 15 heavy (non-hydrogen) atoms. The first-order valence-electron chi connectivity index (χ1n) is 6.04. The lowest BCUT2D eigenvalue weighted by Crippen LogP contribution is -2.10. The molecule has 0 aromatic carbocycles. The molecular formula is C12H24O3. The summed E-state index contributed by atoms with van der Waals surface area (Å²) in [5.41, 5.74) is 0. The Hall–Kier alpha value is -0.570. The molecule has 0 unspecified atom stereocenters. The molecule has 0 heterocycles. The topological polar surface area (TPSA) is 35.5 Å². The van der Waals surface area contributed by atoms with Crippen LogP contribution in [0, 0.1) is 0 Å². The fourth-order valence-corrected chi connectivity index (χ4v) is 1.15. The van der Waals surface area contributed by atoms with Crippen molar-refractivity contribution in [1.29, 1.82) is 0 Å². The molecule has 0 aliphatic heterocycles. The Labute approximate surface area is 93.1 Å². The van der Waals surface area contributed by atoms with E-state index in [4.69, 9.17) is 9.47 Å². The number of esters is 1. The van der Waals surface area contributed by atoms with E-state index in [2.05, 4.69) is 13.8 Å². The third-order valence-electron chi connectivity index (χ3n) is 2.12. The van der Waals surface area contributed by atoms with E-state index in [-0.39, 0.29) is 5.97 Å². The summed E-state index contributed by atoms with van der Waals surface area (Å²) >= 11 is 0. The third kappa shape index (κ3) is 11.4. The van der Waals surface area contributed by atoms with Crippen LogP contribution >= 0.6 is 0 Å². The van der Waals surface area contributed by atoms with Crippen molar-refractivity contribution in [2.24, 2.45) is 0 Å². The van der Waals surface area contributed by atoms with Gasteiger partial charge in [-0.05, 0) is 12.8 Å². The number of hydrogen-bond acceptors (Lipinski definition) is 3. The fraction of sp³-hybridized carbons (Fsp3) is 0.917. The lowest BCUT2D eigenvalue weighted by molar-refractivity contribution is -0.145. The molecule has 0 N–H and O–H groups in total. The summed E-state index contributed by atoms with van der Waals surface area (Å²) in [5.74, 6) is -0.0949. The van der Waals surface area contributed by atoms with Crippen LogP contribution in [0.4, 0.5) is 0 Å². The first kappa shape index (κ1) is 14.4. The Morgan fingerprint density at radius 2 is 1.67 bits per heavy atom. The van der Waals surface area contributed by atoms with Gasteiger partial charge in [-0.1, -0.05) is 33.1 Å². The van der Waals surface area contributed by atoms with Crippen molar-refractivity contribution in [1.82, 2.24) is 0 Å². The van der Waals surface area contributed by atoms with Gasteiger partial charge in [-0.3, -0.25) is 4.79 Å². The summed E-state index contributed by atoms with van der Waals surface area (Å²) in [4.78, 5) is 11.1. The standard InChI is InChI=1S/C12H24O3/c1-3-5-7-8-12(13)15-11-10-14-9-6-4-2/h3-11H2,1-2H3. The zero-order valence-corrected chi connectivity index (χ0v) is 10.1. The molecule has 0 saturated carbocycles. The molecule has 0 aliphatic carbocycles. The van der Waals surface area contributed by atoms with E-state index >= 15 is 0 Å². The maximum absolute atomic E-state index is 11.1. The molecule has 0 saturated heterocycles. The normalized spacial score (nSPS) is 10.3. The van der Waals surface area contributed by atoms with E-state index in [9.17, 15) is 4.79 Å². The summed E-state index contributed by atoms with van der Waals surface area (Å²) in [6, 6.07) is 0. The highest BCUT2D eigenvalue weighted by molar-refractivity contribution is 5.69. The Kier molecular flexibility index (Phi) is 11.1. The minimum atomic E-state index is -0.0949. The van der Waals surface area contributed by atoms with Crippen LogP contribution in [0.2, 0.25) is 0 Å². The van der Waals surface area contributed by atoms with Crippen LogP contribution in [-0.2, 0) is 14.3 Å². The van der Waals surface area contributed by atoms with Gasteiger partial charge in [-0.15, -0.1) is 0 Å². The molecule has 0 aliphatic rings. The van der Waals surface area contributed by atoms with Crippen molar-refractivity contribution >= 4 is 5.97 Å². The van der Waals surface area contributed by atoms with Crippen molar-refractivity contribution in [3.05, 3.63) is 0 Å². The number of unbranched alkanes of at least 4 members (excludes halogenated alkanes) is 3. The number of rotatable bonds is 10. The van der Waals surface area contributed by atoms with Crippen LogP contribution in [0.25, 0.3) is 0 Å². The summed E-state index contributed by atoms with van der Waals surface area (Å²) in [6.45, 7) is 5.93. The molecule has 0 atom stereocenters. The zero-order valence-electron chi connectivity index (χ0n) is 10.1. The van der Waals surface area contributed by atoms with Crippen LogP contribution in [0.3, 0.4) is 0 Å². The summed E-state index contributed by atoms with van der Waals surface area (Å²) in [6.07, 6.45) is 5.92. The molecule has 0 fully saturated rings. The molecule has 3 nitrogen and oxygen atoms in total. The SMILES string of the molecule is CCCCCC(=O)OCCOCCCC. The quantitative estimate of drug-likeness (QED) is 0.416. The Bertz CT molecular complexity index is 146. The fourth-order valence-electron chi connectivity index (χ4n) is 1.15. The Morgan fingerprint density at radius 3 is 2.33 bits per heavy atom. The molecule has 0 aromatic rings. The van der Waals surface area contributed by atoms with Gasteiger partial charge in [0.15, 0.2) is 0 Å². The number of carbonyl (C=O) groups excluding carboxylic acids is 1. The monoisotopic (exact) mass is 216 g/mol. The number of ether oxygens (including phenoxy) is 2. The van der Waals surface area contributed by atoms with Crippen LogP contribution < -0.4 is 0 Å². The van der Waals surface area contributed by atoms with Gasteiger partial charge < -0.3 is 9.47 Å². The third-order valence-corrected chi connectivity index (χ3v) is 2.12. The van der Waals surface area contributed by atoms with Gasteiger partial charge in [0.05, 0.1) is 6.61 Å². The van der Waals surface area contributed by atoms with Crippen molar-refractivity contribution in [3.8, 4) is 0 Å². The highest BCUT2D eigenvalue weighted by Crippen LogP contribution is 2.00. The summed E-state index contributed by atoms with van der Waals surface area (Å²) < 4.78 is 10.3. The Balaban J connectivity index is 3.10. The van der Waals surface area contributed by atoms with Crippen molar-refractivity contribution in [3.63, 3.8) is 0 Å². The molecular weight excluding hydrogens is 192 g/mol. The summed E-state index contributed by atoms with van der Waals surface area (Å²) in [7, 11) is 0. The minimum absolute atomic E-state index is 0.0949. The van der Waals surface area contributed by atoms with Crippen molar-refractivity contribution in [2.75, 3.05) is 19.8 Å². The van der Waals surface area contributed by atoms with Crippen LogP contribution in [-0.4, -0.2) is 25.8 Å². The average molecular weight is 216 g/mol. The van der Waals surface area contributed by atoms with E-state index in [0.717, 1.165) is 38.7 Å². The molecule has 0 radical (unpaired) electrons. The predicted molar refractivity (Wildman–Crippen MR) is 60.8 cm³/mol. The second-order valence-corrected chi connectivity index (χ2v) is 3.64. The molecule has 0 spiro atoms. The first-order valence-corrected chi connectivity index (χ1v) is 6.04. The largest absolute Gasteiger partial charge is 0.463 e. The van der Waals surface area contributed by atoms with E-state index in [1.165, 1.54) is 0 Å². The number of carbonyl (C=O) groups is 1. The Morgan fingerprint density at radius 1 is 0.933 bits per heavy atom. The lowest BCUT2D eigenvalue weighted by Gasteiger charge is -2.05. The van der Waals surface area contributed by atoms with Crippen molar-refractivity contribution in [2.45, 2.75) is 52.4 Å².